The molecular formula is C15H16F3NO4. The maximum atomic E-state index is 12.3. The van der Waals surface area contributed by atoms with Crippen LogP contribution in [0.4, 0.5) is 13.2 Å². The van der Waals surface area contributed by atoms with Gasteiger partial charge in [-0.1, -0.05) is 13.0 Å². The van der Waals surface area contributed by atoms with E-state index in [2.05, 4.69) is 4.74 Å². The molecule has 2 unspecified atom stereocenters. The molecule has 2 atom stereocenters. The van der Waals surface area contributed by atoms with Gasteiger partial charge in [0.1, 0.15) is 5.75 Å². The molecule has 8 heteroatoms. The zero-order valence-corrected chi connectivity index (χ0v) is 12.6. The Kier molecular flexibility index (Phi) is 4.39. The van der Waals surface area contributed by atoms with E-state index in [1.165, 1.54) is 6.07 Å². The third kappa shape index (κ3) is 3.31. The molecule has 2 rings (SSSR count). The van der Waals surface area contributed by atoms with Crippen molar-refractivity contribution in [2.45, 2.75) is 38.1 Å². The summed E-state index contributed by atoms with van der Waals surface area (Å²) in [6.45, 7) is 3.45. The van der Waals surface area contributed by atoms with E-state index in [9.17, 15) is 22.8 Å². The fraction of sp³-hybridized carbons (Fsp3) is 0.467. The lowest BCUT2D eigenvalue weighted by atomic mass is 9.78. The van der Waals surface area contributed by atoms with Crippen molar-refractivity contribution in [1.29, 1.82) is 0 Å². The molecule has 5 nitrogen and oxygen atoms in total. The van der Waals surface area contributed by atoms with Crippen molar-refractivity contribution < 1.29 is 32.2 Å². The SMILES string of the molecule is CCOC(=O)CC1(C)c2ccc(OC(F)(F)F)cc2C(=O)C1N. The smallest absolute Gasteiger partial charge is 0.466 e. The number of ketones is 1. The highest BCUT2D eigenvalue weighted by molar-refractivity contribution is 6.07. The first-order valence-corrected chi connectivity index (χ1v) is 6.94. The average Bonchev–Trinajstić information content (AvgIpc) is 2.59. The van der Waals surface area contributed by atoms with E-state index in [0.717, 1.165) is 12.1 Å². The highest BCUT2D eigenvalue weighted by atomic mass is 19.4. The second-order valence-corrected chi connectivity index (χ2v) is 5.50. The summed E-state index contributed by atoms with van der Waals surface area (Å²) in [5, 5.41) is 0. The van der Waals surface area contributed by atoms with E-state index < -0.39 is 35.3 Å². The molecule has 23 heavy (non-hydrogen) atoms. The molecule has 1 aromatic rings. The van der Waals surface area contributed by atoms with E-state index in [1.54, 1.807) is 13.8 Å². The number of fused-ring (bicyclic) bond motifs is 1. The summed E-state index contributed by atoms with van der Waals surface area (Å²) in [6, 6.07) is 2.39. The summed E-state index contributed by atoms with van der Waals surface area (Å²) in [6.07, 6.45) is -4.99. The van der Waals surface area contributed by atoms with Crippen molar-refractivity contribution in [2.75, 3.05) is 6.61 Å². The number of benzene rings is 1. The van der Waals surface area contributed by atoms with Crippen LogP contribution in [0.5, 0.6) is 5.75 Å². The number of alkyl halides is 3. The van der Waals surface area contributed by atoms with Crippen LogP contribution in [0.1, 0.15) is 36.2 Å². The molecule has 1 aliphatic rings. The molecular weight excluding hydrogens is 315 g/mol. The molecule has 0 aliphatic heterocycles. The first-order valence-electron chi connectivity index (χ1n) is 6.94. The lowest BCUT2D eigenvalue weighted by Crippen LogP contribution is -2.44. The van der Waals surface area contributed by atoms with Crippen LogP contribution in [-0.4, -0.2) is 30.8 Å². The van der Waals surface area contributed by atoms with Gasteiger partial charge in [0.15, 0.2) is 5.78 Å². The minimum Gasteiger partial charge on any atom is -0.466 e. The number of ether oxygens (including phenoxy) is 2. The zero-order valence-electron chi connectivity index (χ0n) is 12.6. The Hall–Kier alpha value is -2.09. The van der Waals surface area contributed by atoms with Gasteiger partial charge in [0.2, 0.25) is 0 Å². The van der Waals surface area contributed by atoms with Crippen LogP contribution in [0.25, 0.3) is 0 Å². The number of carbonyl (C=O) groups excluding carboxylic acids is 2. The van der Waals surface area contributed by atoms with Gasteiger partial charge >= 0.3 is 12.3 Å². The van der Waals surface area contributed by atoms with Gasteiger partial charge in [-0.3, -0.25) is 9.59 Å². The molecule has 0 radical (unpaired) electrons. The standard InChI is InChI=1S/C15H16F3NO4/c1-3-22-11(20)7-14(2)10-5-4-8(23-15(16,17)18)6-9(10)12(21)13(14)19/h4-6,13H,3,7,19H2,1-2H3. The topological polar surface area (TPSA) is 78.6 Å². The summed E-state index contributed by atoms with van der Waals surface area (Å²) in [5.74, 6) is -1.56. The molecule has 0 spiro atoms. The third-order valence-corrected chi connectivity index (χ3v) is 3.89. The van der Waals surface area contributed by atoms with Crippen molar-refractivity contribution in [3.05, 3.63) is 29.3 Å². The van der Waals surface area contributed by atoms with Crippen LogP contribution in [0.3, 0.4) is 0 Å². The number of Topliss-reactive ketones (excluding diaryl/α,β-unsaturated/α-hetero) is 1. The molecule has 0 bridgehead atoms. The number of nitrogens with two attached hydrogens (primary N) is 1. The van der Waals surface area contributed by atoms with E-state index in [0.29, 0.717) is 5.56 Å². The summed E-state index contributed by atoms with van der Waals surface area (Å²) in [4.78, 5) is 24.0. The fourth-order valence-corrected chi connectivity index (χ4v) is 2.76. The minimum atomic E-state index is -4.85. The molecule has 0 saturated carbocycles. The van der Waals surface area contributed by atoms with E-state index in [-0.39, 0.29) is 18.6 Å². The Labute approximate surface area is 130 Å². The number of rotatable bonds is 4. The summed E-state index contributed by atoms with van der Waals surface area (Å²) < 4.78 is 45.5. The van der Waals surface area contributed by atoms with Crippen LogP contribution in [0, 0.1) is 0 Å². The van der Waals surface area contributed by atoms with Crippen LogP contribution in [-0.2, 0) is 14.9 Å². The van der Waals surface area contributed by atoms with Gasteiger partial charge in [0, 0.05) is 11.0 Å². The first-order chi connectivity index (χ1) is 10.6. The van der Waals surface area contributed by atoms with Gasteiger partial charge in [0.25, 0.3) is 0 Å². The lowest BCUT2D eigenvalue weighted by Gasteiger charge is -2.28. The van der Waals surface area contributed by atoms with Crippen molar-refractivity contribution in [1.82, 2.24) is 0 Å². The Bertz CT molecular complexity index is 644. The Balaban J connectivity index is 2.38. The fourth-order valence-electron chi connectivity index (χ4n) is 2.76. The molecule has 0 amide bonds. The zero-order chi connectivity index (χ0) is 17.4. The molecule has 0 aromatic heterocycles. The first kappa shape index (κ1) is 17.3. The maximum absolute atomic E-state index is 12.3. The van der Waals surface area contributed by atoms with Gasteiger partial charge in [-0.25, -0.2) is 0 Å². The normalized spacial score (nSPS) is 23.6. The van der Waals surface area contributed by atoms with Gasteiger partial charge < -0.3 is 15.2 Å². The number of hydrogen-bond donors (Lipinski definition) is 1. The van der Waals surface area contributed by atoms with Crippen molar-refractivity contribution in [2.24, 2.45) is 5.73 Å². The van der Waals surface area contributed by atoms with Crippen LogP contribution in [0.2, 0.25) is 0 Å². The highest BCUT2D eigenvalue weighted by Gasteiger charge is 2.48. The number of halogens is 3. The molecule has 2 N–H and O–H groups in total. The Morgan fingerprint density at radius 2 is 2.04 bits per heavy atom. The lowest BCUT2D eigenvalue weighted by molar-refractivity contribution is -0.274. The third-order valence-electron chi connectivity index (χ3n) is 3.89. The van der Waals surface area contributed by atoms with Crippen molar-refractivity contribution >= 4 is 11.8 Å². The average molecular weight is 331 g/mol. The molecule has 126 valence electrons. The minimum absolute atomic E-state index is 0.0334. The maximum Gasteiger partial charge on any atom is 0.573 e. The van der Waals surface area contributed by atoms with Crippen LogP contribution < -0.4 is 10.5 Å². The van der Waals surface area contributed by atoms with E-state index in [4.69, 9.17) is 10.5 Å². The van der Waals surface area contributed by atoms with Crippen molar-refractivity contribution in [3.63, 3.8) is 0 Å². The highest BCUT2D eigenvalue weighted by Crippen LogP contribution is 2.42. The van der Waals surface area contributed by atoms with E-state index >= 15 is 0 Å². The molecule has 0 fully saturated rings. The molecule has 1 aromatic carbocycles. The second kappa shape index (κ2) is 5.84. The Morgan fingerprint density at radius 3 is 2.61 bits per heavy atom. The number of carbonyl (C=O) groups is 2. The molecule has 1 aliphatic carbocycles. The van der Waals surface area contributed by atoms with Gasteiger partial charge in [-0.2, -0.15) is 0 Å². The summed E-state index contributed by atoms with van der Waals surface area (Å²) >= 11 is 0. The monoisotopic (exact) mass is 331 g/mol. The van der Waals surface area contributed by atoms with Crippen LogP contribution >= 0.6 is 0 Å². The van der Waals surface area contributed by atoms with Gasteiger partial charge in [0.05, 0.1) is 19.1 Å². The largest absolute Gasteiger partial charge is 0.573 e. The summed E-state index contributed by atoms with van der Waals surface area (Å²) in [5.41, 5.74) is 5.32. The van der Waals surface area contributed by atoms with Gasteiger partial charge in [-0.15, -0.1) is 13.2 Å². The summed E-state index contributed by atoms with van der Waals surface area (Å²) in [7, 11) is 0. The van der Waals surface area contributed by atoms with Crippen LogP contribution in [0.15, 0.2) is 18.2 Å². The predicted octanol–water partition coefficient (Wildman–Crippen LogP) is 2.32. The number of esters is 1. The Morgan fingerprint density at radius 1 is 1.39 bits per heavy atom. The van der Waals surface area contributed by atoms with E-state index in [1.807, 2.05) is 0 Å². The van der Waals surface area contributed by atoms with Crippen molar-refractivity contribution in [3.8, 4) is 5.75 Å². The van der Waals surface area contributed by atoms with Gasteiger partial charge in [-0.05, 0) is 24.6 Å². The molecule has 0 heterocycles. The predicted molar refractivity (Wildman–Crippen MR) is 74.0 cm³/mol. The second-order valence-electron chi connectivity index (χ2n) is 5.50. The number of hydrogen-bond acceptors (Lipinski definition) is 5. The quantitative estimate of drug-likeness (QED) is 0.857. The molecule has 0 saturated heterocycles.